The van der Waals surface area contributed by atoms with Crippen molar-refractivity contribution in [1.29, 1.82) is 0 Å². The monoisotopic (exact) mass is 275 g/mol. The van der Waals surface area contributed by atoms with Crippen LogP contribution in [0.25, 0.3) is 0 Å². The van der Waals surface area contributed by atoms with E-state index in [4.69, 9.17) is 9.26 Å². The Hall–Kier alpha value is -2.37. The number of carbonyl (C=O) groups is 1. The van der Waals surface area contributed by atoms with Gasteiger partial charge in [0.2, 0.25) is 5.89 Å². The molecule has 1 N–H and O–H groups in total. The Balaban J connectivity index is 1.90. The van der Waals surface area contributed by atoms with E-state index in [1.165, 1.54) is 0 Å². The van der Waals surface area contributed by atoms with Crippen LogP contribution in [0.4, 0.5) is 0 Å². The molecule has 6 heteroatoms. The molecule has 1 amide bonds. The van der Waals surface area contributed by atoms with Crippen LogP contribution in [0.3, 0.4) is 0 Å². The Morgan fingerprint density at radius 2 is 2.10 bits per heavy atom. The first-order valence-corrected chi connectivity index (χ1v) is 6.46. The fourth-order valence-corrected chi connectivity index (χ4v) is 1.68. The van der Waals surface area contributed by atoms with Crippen LogP contribution in [0.15, 0.2) is 28.8 Å². The van der Waals surface area contributed by atoms with Crippen LogP contribution in [-0.4, -0.2) is 23.2 Å². The van der Waals surface area contributed by atoms with Gasteiger partial charge in [0.15, 0.2) is 5.82 Å². The van der Waals surface area contributed by atoms with Crippen LogP contribution < -0.4 is 10.1 Å². The Bertz CT molecular complexity index is 563. The summed E-state index contributed by atoms with van der Waals surface area (Å²) in [4.78, 5) is 16.1. The minimum absolute atomic E-state index is 0.186. The average molecular weight is 275 g/mol. The van der Waals surface area contributed by atoms with Crippen molar-refractivity contribution in [2.45, 2.75) is 26.3 Å². The first-order valence-electron chi connectivity index (χ1n) is 6.46. The summed E-state index contributed by atoms with van der Waals surface area (Å²) in [6, 6.07) is 6.88. The number of carbonyl (C=O) groups excluding carboxylic acids is 1. The lowest BCUT2D eigenvalue weighted by Crippen LogP contribution is -2.23. The summed E-state index contributed by atoms with van der Waals surface area (Å²) in [6.45, 7) is 2.29. The molecule has 0 saturated heterocycles. The molecule has 2 aromatic rings. The van der Waals surface area contributed by atoms with Crippen LogP contribution >= 0.6 is 0 Å². The third-order valence-electron chi connectivity index (χ3n) is 2.73. The molecule has 0 atom stereocenters. The van der Waals surface area contributed by atoms with Gasteiger partial charge in [-0.05, 0) is 30.7 Å². The number of rotatable bonds is 6. The summed E-state index contributed by atoms with van der Waals surface area (Å²) < 4.78 is 10.1. The number of nitrogens with one attached hydrogen (secondary N) is 1. The summed E-state index contributed by atoms with van der Waals surface area (Å²) in [5.41, 5.74) is 0.558. The lowest BCUT2D eigenvalue weighted by atomic mass is 10.2. The Morgan fingerprint density at radius 1 is 1.35 bits per heavy atom. The zero-order valence-corrected chi connectivity index (χ0v) is 11.5. The van der Waals surface area contributed by atoms with Crippen molar-refractivity contribution >= 4 is 5.91 Å². The second-order valence-electron chi connectivity index (χ2n) is 4.27. The summed E-state index contributed by atoms with van der Waals surface area (Å²) in [7, 11) is 1.58. The van der Waals surface area contributed by atoms with Crippen molar-refractivity contribution in [3.05, 3.63) is 41.5 Å². The number of amides is 1. The molecule has 2 rings (SSSR count). The molecule has 0 radical (unpaired) electrons. The molecule has 0 fully saturated rings. The number of hydrogen-bond acceptors (Lipinski definition) is 5. The van der Waals surface area contributed by atoms with Gasteiger partial charge in [-0.15, -0.1) is 0 Å². The lowest BCUT2D eigenvalue weighted by molar-refractivity contribution is 0.0949. The zero-order chi connectivity index (χ0) is 14.4. The Kier molecular flexibility index (Phi) is 4.70. The highest BCUT2D eigenvalue weighted by molar-refractivity contribution is 5.94. The summed E-state index contributed by atoms with van der Waals surface area (Å²) in [5.74, 6) is 1.61. The highest BCUT2D eigenvalue weighted by Crippen LogP contribution is 2.11. The van der Waals surface area contributed by atoms with Crippen LogP contribution in [0, 0.1) is 0 Å². The molecule has 20 heavy (non-hydrogen) atoms. The molecule has 0 aliphatic rings. The standard InChI is InChI=1S/C14H17N3O3/c1-3-4-13-16-12(17-20-13)9-15-14(18)10-5-7-11(19-2)8-6-10/h5-8H,3-4,9H2,1-2H3,(H,15,18). The maximum absolute atomic E-state index is 11.9. The maximum atomic E-state index is 11.9. The molecule has 0 bridgehead atoms. The van der Waals surface area contributed by atoms with Gasteiger partial charge in [-0.3, -0.25) is 4.79 Å². The molecule has 6 nitrogen and oxygen atoms in total. The van der Waals surface area contributed by atoms with E-state index in [1.807, 2.05) is 6.92 Å². The number of nitrogens with zero attached hydrogens (tertiary/aromatic N) is 2. The lowest BCUT2D eigenvalue weighted by Gasteiger charge is -2.03. The quantitative estimate of drug-likeness (QED) is 0.872. The summed E-state index contributed by atoms with van der Waals surface area (Å²) in [6.07, 6.45) is 1.69. The number of aromatic nitrogens is 2. The van der Waals surface area contributed by atoms with Crippen LogP contribution in [-0.2, 0) is 13.0 Å². The van der Waals surface area contributed by atoms with Crippen molar-refractivity contribution < 1.29 is 14.1 Å². The van der Waals surface area contributed by atoms with Crippen molar-refractivity contribution in [3.8, 4) is 5.75 Å². The van der Waals surface area contributed by atoms with E-state index >= 15 is 0 Å². The molecule has 106 valence electrons. The molecule has 0 aliphatic carbocycles. The van der Waals surface area contributed by atoms with Gasteiger partial charge < -0.3 is 14.6 Å². The van der Waals surface area contributed by atoms with E-state index in [1.54, 1.807) is 31.4 Å². The Labute approximate surface area is 117 Å². The molecule has 1 aromatic heterocycles. The van der Waals surface area contributed by atoms with Crippen molar-refractivity contribution in [3.63, 3.8) is 0 Å². The van der Waals surface area contributed by atoms with E-state index in [-0.39, 0.29) is 12.5 Å². The van der Waals surface area contributed by atoms with Gasteiger partial charge in [-0.1, -0.05) is 12.1 Å². The van der Waals surface area contributed by atoms with E-state index in [2.05, 4.69) is 15.5 Å². The van der Waals surface area contributed by atoms with Gasteiger partial charge in [0, 0.05) is 12.0 Å². The molecule has 0 saturated carbocycles. The largest absolute Gasteiger partial charge is 0.497 e. The second kappa shape index (κ2) is 6.70. The van der Waals surface area contributed by atoms with Crippen molar-refractivity contribution in [2.75, 3.05) is 7.11 Å². The van der Waals surface area contributed by atoms with Gasteiger partial charge in [-0.2, -0.15) is 4.98 Å². The fourth-order valence-electron chi connectivity index (χ4n) is 1.68. The Morgan fingerprint density at radius 3 is 2.75 bits per heavy atom. The first-order chi connectivity index (χ1) is 9.72. The van der Waals surface area contributed by atoms with Crippen LogP contribution in [0.2, 0.25) is 0 Å². The van der Waals surface area contributed by atoms with E-state index in [0.29, 0.717) is 23.0 Å². The van der Waals surface area contributed by atoms with Gasteiger partial charge in [-0.25, -0.2) is 0 Å². The predicted octanol–water partition coefficient (Wildman–Crippen LogP) is 1.96. The highest BCUT2D eigenvalue weighted by Gasteiger charge is 2.09. The third kappa shape index (κ3) is 3.57. The molecular formula is C14H17N3O3. The minimum atomic E-state index is -0.186. The van der Waals surface area contributed by atoms with Crippen molar-refractivity contribution in [1.82, 2.24) is 15.5 Å². The SMILES string of the molecule is CCCc1nc(CNC(=O)c2ccc(OC)cc2)no1. The molecule has 0 aliphatic heterocycles. The van der Waals surface area contributed by atoms with Gasteiger partial charge in [0.1, 0.15) is 5.75 Å². The van der Waals surface area contributed by atoms with Gasteiger partial charge in [0.25, 0.3) is 5.91 Å². The van der Waals surface area contributed by atoms with Crippen LogP contribution in [0.1, 0.15) is 35.4 Å². The number of hydrogen-bond donors (Lipinski definition) is 1. The van der Waals surface area contributed by atoms with Gasteiger partial charge >= 0.3 is 0 Å². The normalized spacial score (nSPS) is 10.3. The smallest absolute Gasteiger partial charge is 0.251 e. The second-order valence-corrected chi connectivity index (χ2v) is 4.27. The third-order valence-corrected chi connectivity index (χ3v) is 2.73. The average Bonchev–Trinajstić information content (AvgIpc) is 2.93. The minimum Gasteiger partial charge on any atom is -0.497 e. The molecule has 1 aromatic carbocycles. The number of benzene rings is 1. The fraction of sp³-hybridized carbons (Fsp3) is 0.357. The van der Waals surface area contributed by atoms with E-state index in [0.717, 1.165) is 12.8 Å². The molecular weight excluding hydrogens is 258 g/mol. The number of ether oxygens (including phenoxy) is 1. The number of methoxy groups -OCH3 is 1. The molecule has 0 spiro atoms. The van der Waals surface area contributed by atoms with Gasteiger partial charge in [0.05, 0.1) is 13.7 Å². The zero-order valence-electron chi connectivity index (χ0n) is 11.5. The highest BCUT2D eigenvalue weighted by atomic mass is 16.5. The molecule has 0 unspecified atom stereocenters. The molecule has 1 heterocycles. The van der Waals surface area contributed by atoms with E-state index < -0.39 is 0 Å². The topological polar surface area (TPSA) is 77.2 Å². The van der Waals surface area contributed by atoms with Crippen molar-refractivity contribution in [2.24, 2.45) is 0 Å². The van der Waals surface area contributed by atoms with Crippen LogP contribution in [0.5, 0.6) is 5.75 Å². The summed E-state index contributed by atoms with van der Waals surface area (Å²) >= 11 is 0. The summed E-state index contributed by atoms with van der Waals surface area (Å²) in [5, 5.41) is 6.55. The first kappa shape index (κ1) is 14.0. The number of aryl methyl sites for hydroxylation is 1. The maximum Gasteiger partial charge on any atom is 0.251 e. The predicted molar refractivity (Wildman–Crippen MR) is 72.5 cm³/mol. The van der Waals surface area contributed by atoms with E-state index in [9.17, 15) is 4.79 Å².